The molecule has 0 aliphatic rings. The maximum atomic E-state index is 12.8. The molecule has 70 valence electrons. The van der Waals surface area contributed by atoms with Crippen molar-refractivity contribution in [2.45, 2.75) is 6.92 Å². The van der Waals surface area contributed by atoms with E-state index in [0.29, 0.717) is 12.2 Å². The van der Waals surface area contributed by atoms with E-state index in [1.807, 2.05) is 6.92 Å². The van der Waals surface area contributed by atoms with E-state index in [4.69, 9.17) is 0 Å². The third-order valence-corrected chi connectivity index (χ3v) is 1.52. The normalized spacial score (nSPS) is 9.69. The molecule has 0 radical (unpaired) electrons. The van der Waals surface area contributed by atoms with Crippen LogP contribution in [0.4, 0.5) is 15.8 Å². The Bertz CT molecular complexity index is 328. The zero-order valence-corrected chi connectivity index (χ0v) is 7.08. The highest BCUT2D eigenvalue weighted by molar-refractivity contribution is 5.51. The van der Waals surface area contributed by atoms with Crippen molar-refractivity contribution in [3.8, 4) is 0 Å². The molecular formula is C8H9FN2O2. The number of benzene rings is 1. The second-order valence-electron chi connectivity index (χ2n) is 2.45. The van der Waals surface area contributed by atoms with E-state index in [1.54, 1.807) is 0 Å². The fraction of sp³-hybridized carbons (Fsp3) is 0.250. The molecule has 0 atom stereocenters. The zero-order chi connectivity index (χ0) is 9.84. The number of halogens is 1. The second kappa shape index (κ2) is 3.84. The first-order valence-electron chi connectivity index (χ1n) is 3.83. The van der Waals surface area contributed by atoms with Crippen molar-refractivity contribution in [1.82, 2.24) is 0 Å². The summed E-state index contributed by atoms with van der Waals surface area (Å²) >= 11 is 0. The van der Waals surface area contributed by atoms with Gasteiger partial charge in [0.25, 0.3) is 0 Å². The molecule has 0 unspecified atom stereocenters. The highest BCUT2D eigenvalue weighted by Crippen LogP contribution is 2.21. The maximum Gasteiger partial charge on any atom is 0.306 e. The Kier molecular flexibility index (Phi) is 2.79. The number of anilines is 1. The first kappa shape index (κ1) is 9.44. The van der Waals surface area contributed by atoms with Gasteiger partial charge in [-0.05, 0) is 19.1 Å². The summed E-state index contributed by atoms with van der Waals surface area (Å²) in [5.41, 5.74) is 0.0500. The first-order chi connectivity index (χ1) is 6.15. The molecule has 0 amide bonds. The Hall–Kier alpha value is -1.65. The minimum Gasteiger partial charge on any atom is -0.385 e. The summed E-state index contributed by atoms with van der Waals surface area (Å²) in [5.74, 6) is -0.813. The largest absolute Gasteiger partial charge is 0.385 e. The molecule has 1 N–H and O–H groups in total. The lowest BCUT2D eigenvalue weighted by Crippen LogP contribution is -1.99. The summed E-state index contributed by atoms with van der Waals surface area (Å²) in [6.45, 7) is 2.50. The molecule has 0 heterocycles. The van der Waals surface area contributed by atoms with Crippen molar-refractivity contribution in [2.24, 2.45) is 0 Å². The summed E-state index contributed by atoms with van der Waals surface area (Å²) in [6.07, 6.45) is 0. The van der Waals surface area contributed by atoms with Crippen molar-refractivity contribution in [1.29, 1.82) is 0 Å². The minimum atomic E-state index is -0.813. The molecule has 5 heteroatoms. The average Bonchev–Trinajstić information content (AvgIpc) is 2.08. The van der Waals surface area contributed by atoms with Crippen LogP contribution in [0.25, 0.3) is 0 Å². The third-order valence-electron chi connectivity index (χ3n) is 1.52. The highest BCUT2D eigenvalue weighted by Gasteiger charge is 2.13. The van der Waals surface area contributed by atoms with Crippen molar-refractivity contribution in [3.63, 3.8) is 0 Å². The van der Waals surface area contributed by atoms with Crippen LogP contribution in [0, 0.1) is 15.9 Å². The molecular weight excluding hydrogens is 175 g/mol. The van der Waals surface area contributed by atoms with Crippen LogP contribution in [0.3, 0.4) is 0 Å². The Labute approximate surface area is 74.5 Å². The van der Waals surface area contributed by atoms with Gasteiger partial charge in [0, 0.05) is 18.3 Å². The van der Waals surface area contributed by atoms with Crippen molar-refractivity contribution < 1.29 is 9.31 Å². The van der Waals surface area contributed by atoms with Gasteiger partial charge in [0.1, 0.15) is 0 Å². The number of nitrogens with one attached hydrogen (secondary N) is 1. The maximum absolute atomic E-state index is 12.8. The number of hydrogen-bond donors (Lipinski definition) is 1. The van der Waals surface area contributed by atoms with Gasteiger partial charge in [-0.15, -0.1) is 0 Å². The lowest BCUT2D eigenvalue weighted by molar-refractivity contribution is -0.387. The van der Waals surface area contributed by atoms with Gasteiger partial charge in [-0.2, -0.15) is 4.39 Å². The first-order valence-corrected chi connectivity index (χ1v) is 3.83. The van der Waals surface area contributed by atoms with E-state index in [2.05, 4.69) is 5.32 Å². The lowest BCUT2D eigenvalue weighted by Gasteiger charge is -2.02. The molecule has 1 rings (SSSR count). The Morgan fingerprint density at radius 3 is 2.85 bits per heavy atom. The van der Waals surface area contributed by atoms with E-state index in [0.717, 1.165) is 6.07 Å². The smallest absolute Gasteiger partial charge is 0.306 e. The predicted octanol–water partition coefficient (Wildman–Crippen LogP) is 2.17. The number of hydrogen-bond acceptors (Lipinski definition) is 3. The number of rotatable bonds is 3. The molecule has 0 bridgehead atoms. The molecule has 4 nitrogen and oxygen atoms in total. The Morgan fingerprint density at radius 1 is 1.62 bits per heavy atom. The fourth-order valence-corrected chi connectivity index (χ4v) is 0.967. The summed E-state index contributed by atoms with van der Waals surface area (Å²) in [6, 6.07) is 3.72. The van der Waals surface area contributed by atoms with Crippen LogP contribution in [0.2, 0.25) is 0 Å². The van der Waals surface area contributed by atoms with Gasteiger partial charge in [0.15, 0.2) is 0 Å². The number of nitro benzene ring substituents is 1. The van der Waals surface area contributed by atoms with Gasteiger partial charge >= 0.3 is 5.69 Å². The van der Waals surface area contributed by atoms with Gasteiger partial charge in [-0.25, -0.2) is 0 Å². The minimum absolute atomic E-state index is 0.501. The van der Waals surface area contributed by atoms with E-state index < -0.39 is 16.4 Å². The average molecular weight is 184 g/mol. The van der Waals surface area contributed by atoms with Crippen LogP contribution in [0.1, 0.15) is 6.92 Å². The summed E-state index contributed by atoms with van der Waals surface area (Å²) in [7, 11) is 0. The lowest BCUT2D eigenvalue weighted by atomic mass is 10.2. The topological polar surface area (TPSA) is 55.2 Å². The van der Waals surface area contributed by atoms with Crippen LogP contribution < -0.4 is 5.32 Å². The monoisotopic (exact) mass is 184 g/mol. The standard InChI is InChI=1S/C8H9FN2O2/c1-2-10-6-3-4-7(9)8(5-6)11(12)13/h3-5,10H,2H2,1H3. The predicted molar refractivity (Wildman–Crippen MR) is 47.2 cm³/mol. The van der Waals surface area contributed by atoms with Gasteiger partial charge in [-0.3, -0.25) is 10.1 Å². The van der Waals surface area contributed by atoms with E-state index in [-0.39, 0.29) is 0 Å². The quantitative estimate of drug-likeness (QED) is 0.578. The highest BCUT2D eigenvalue weighted by atomic mass is 19.1. The fourth-order valence-electron chi connectivity index (χ4n) is 0.967. The SMILES string of the molecule is CCNc1ccc(F)c([N+](=O)[O-])c1. The van der Waals surface area contributed by atoms with E-state index in [1.165, 1.54) is 12.1 Å². The van der Waals surface area contributed by atoms with Crippen LogP contribution >= 0.6 is 0 Å². The van der Waals surface area contributed by atoms with Crippen LogP contribution in [-0.4, -0.2) is 11.5 Å². The Morgan fingerprint density at radius 2 is 2.31 bits per heavy atom. The van der Waals surface area contributed by atoms with Gasteiger partial charge in [0.2, 0.25) is 5.82 Å². The van der Waals surface area contributed by atoms with Crippen LogP contribution in [0.15, 0.2) is 18.2 Å². The third kappa shape index (κ3) is 2.14. The van der Waals surface area contributed by atoms with Crippen LogP contribution in [-0.2, 0) is 0 Å². The van der Waals surface area contributed by atoms with Crippen molar-refractivity contribution in [2.75, 3.05) is 11.9 Å². The molecule has 0 saturated carbocycles. The molecule has 0 aliphatic heterocycles. The van der Waals surface area contributed by atoms with Gasteiger partial charge in [0.05, 0.1) is 4.92 Å². The molecule has 0 spiro atoms. The molecule has 1 aromatic carbocycles. The Balaban J connectivity index is 3.04. The molecule has 0 aromatic heterocycles. The summed E-state index contributed by atoms with van der Waals surface area (Å²) < 4.78 is 12.8. The number of nitro groups is 1. The molecule has 1 aromatic rings. The molecule has 0 fully saturated rings. The molecule has 0 aliphatic carbocycles. The van der Waals surface area contributed by atoms with Gasteiger partial charge in [-0.1, -0.05) is 0 Å². The van der Waals surface area contributed by atoms with Gasteiger partial charge < -0.3 is 5.32 Å². The van der Waals surface area contributed by atoms with Crippen molar-refractivity contribution >= 4 is 11.4 Å². The van der Waals surface area contributed by atoms with Crippen molar-refractivity contribution in [3.05, 3.63) is 34.1 Å². The zero-order valence-electron chi connectivity index (χ0n) is 7.08. The molecule has 0 saturated heterocycles. The second-order valence-corrected chi connectivity index (χ2v) is 2.45. The summed E-state index contributed by atoms with van der Waals surface area (Å²) in [5, 5.41) is 13.2. The summed E-state index contributed by atoms with van der Waals surface area (Å²) in [4.78, 5) is 9.58. The van der Waals surface area contributed by atoms with E-state index >= 15 is 0 Å². The molecule has 13 heavy (non-hydrogen) atoms. The van der Waals surface area contributed by atoms with E-state index in [9.17, 15) is 14.5 Å². The number of nitrogens with zero attached hydrogens (tertiary/aromatic N) is 1. The van der Waals surface area contributed by atoms with Crippen LogP contribution in [0.5, 0.6) is 0 Å².